The van der Waals surface area contributed by atoms with Gasteiger partial charge < -0.3 is 10.4 Å². The van der Waals surface area contributed by atoms with Crippen LogP contribution in [0.1, 0.15) is 30.5 Å². The molecule has 0 atom stereocenters. The average molecular weight is 207 g/mol. The van der Waals surface area contributed by atoms with Gasteiger partial charge in [-0.05, 0) is 32.1 Å². The van der Waals surface area contributed by atoms with Gasteiger partial charge in [0.05, 0.1) is 0 Å². The van der Waals surface area contributed by atoms with Crippen molar-refractivity contribution in [3.63, 3.8) is 0 Å². The lowest BCUT2D eigenvalue weighted by Gasteiger charge is -2.17. The van der Waals surface area contributed by atoms with Crippen LogP contribution >= 0.6 is 0 Å². The maximum atomic E-state index is 8.71. The molecule has 0 aliphatic heterocycles. The third-order valence-corrected chi connectivity index (χ3v) is 2.75. The maximum absolute atomic E-state index is 8.71. The van der Waals surface area contributed by atoms with Gasteiger partial charge in [0.15, 0.2) is 0 Å². The Balaban J connectivity index is 2.09. The number of aromatic nitrogens is 2. The van der Waals surface area contributed by atoms with E-state index in [1.165, 1.54) is 24.1 Å². The molecule has 0 saturated carbocycles. The van der Waals surface area contributed by atoms with E-state index in [0.29, 0.717) is 0 Å². The number of hydrogen-bond donors (Lipinski definition) is 2. The number of anilines is 1. The summed E-state index contributed by atoms with van der Waals surface area (Å²) in [5.74, 6) is 0.966. The van der Waals surface area contributed by atoms with Crippen molar-refractivity contribution in [2.45, 2.75) is 32.1 Å². The summed E-state index contributed by atoms with van der Waals surface area (Å²) >= 11 is 0. The van der Waals surface area contributed by atoms with Crippen LogP contribution in [-0.4, -0.2) is 28.2 Å². The minimum absolute atomic E-state index is 0.222. The third-order valence-electron chi connectivity index (χ3n) is 2.75. The fourth-order valence-corrected chi connectivity index (χ4v) is 1.96. The molecule has 2 N–H and O–H groups in total. The van der Waals surface area contributed by atoms with Gasteiger partial charge in [-0.15, -0.1) is 0 Å². The average Bonchev–Trinajstić information content (AvgIpc) is 2.30. The van der Waals surface area contributed by atoms with Crippen molar-refractivity contribution in [3.8, 4) is 0 Å². The van der Waals surface area contributed by atoms with Crippen LogP contribution in [0.2, 0.25) is 0 Å². The monoisotopic (exact) mass is 207 g/mol. The van der Waals surface area contributed by atoms with E-state index in [1.807, 2.05) is 0 Å². The molecule has 4 heteroatoms. The molecule has 0 saturated heterocycles. The minimum atomic E-state index is 0.222. The van der Waals surface area contributed by atoms with Crippen LogP contribution in [0.25, 0.3) is 0 Å². The molecule has 0 amide bonds. The zero-order chi connectivity index (χ0) is 10.5. The molecule has 0 fully saturated rings. The van der Waals surface area contributed by atoms with Crippen molar-refractivity contribution in [1.29, 1.82) is 0 Å². The van der Waals surface area contributed by atoms with Gasteiger partial charge in [0.2, 0.25) is 0 Å². The smallest absolute Gasteiger partial charge is 0.132 e. The van der Waals surface area contributed by atoms with Crippen LogP contribution in [0.4, 0.5) is 5.82 Å². The van der Waals surface area contributed by atoms with Crippen LogP contribution < -0.4 is 5.32 Å². The number of hydrogen-bond acceptors (Lipinski definition) is 4. The molecule has 1 aromatic rings. The van der Waals surface area contributed by atoms with Crippen molar-refractivity contribution in [1.82, 2.24) is 9.97 Å². The molecule has 0 bridgehead atoms. The summed E-state index contributed by atoms with van der Waals surface area (Å²) in [6.07, 6.45) is 7.02. The van der Waals surface area contributed by atoms with Crippen LogP contribution in [-0.2, 0) is 12.8 Å². The van der Waals surface area contributed by atoms with E-state index in [4.69, 9.17) is 5.11 Å². The van der Waals surface area contributed by atoms with Crippen LogP contribution in [0.3, 0.4) is 0 Å². The van der Waals surface area contributed by atoms with E-state index in [2.05, 4.69) is 15.3 Å². The van der Waals surface area contributed by atoms with Crippen LogP contribution in [0.15, 0.2) is 6.33 Å². The molecular weight excluding hydrogens is 190 g/mol. The van der Waals surface area contributed by atoms with Crippen molar-refractivity contribution >= 4 is 5.82 Å². The Morgan fingerprint density at radius 3 is 3.00 bits per heavy atom. The molecule has 0 unspecified atom stereocenters. The van der Waals surface area contributed by atoms with Crippen molar-refractivity contribution < 1.29 is 5.11 Å². The summed E-state index contributed by atoms with van der Waals surface area (Å²) in [5, 5.41) is 12.0. The number of nitrogens with one attached hydrogen (secondary N) is 1. The normalized spacial score (nSPS) is 14.7. The summed E-state index contributed by atoms with van der Waals surface area (Å²) in [5.41, 5.74) is 2.48. The van der Waals surface area contributed by atoms with E-state index in [0.717, 1.165) is 31.6 Å². The van der Waals surface area contributed by atoms with Gasteiger partial charge in [-0.25, -0.2) is 9.97 Å². The molecule has 15 heavy (non-hydrogen) atoms. The molecular formula is C11H17N3O. The molecule has 1 aliphatic carbocycles. The zero-order valence-corrected chi connectivity index (χ0v) is 8.87. The largest absolute Gasteiger partial charge is 0.396 e. The standard InChI is InChI=1S/C11H17N3O/c15-7-3-6-12-11-9-4-1-2-5-10(9)13-8-14-11/h8,15H,1-7H2,(H,12,13,14). The predicted molar refractivity (Wildman–Crippen MR) is 58.9 cm³/mol. The highest BCUT2D eigenvalue weighted by Crippen LogP contribution is 2.24. The van der Waals surface area contributed by atoms with E-state index in [-0.39, 0.29) is 6.61 Å². The first-order valence-corrected chi connectivity index (χ1v) is 5.59. The highest BCUT2D eigenvalue weighted by atomic mass is 16.3. The highest BCUT2D eigenvalue weighted by molar-refractivity contribution is 5.46. The van der Waals surface area contributed by atoms with E-state index in [1.54, 1.807) is 6.33 Å². The molecule has 4 nitrogen and oxygen atoms in total. The summed E-state index contributed by atoms with van der Waals surface area (Å²) in [4.78, 5) is 8.57. The van der Waals surface area contributed by atoms with Crippen LogP contribution in [0, 0.1) is 0 Å². The second kappa shape index (κ2) is 5.07. The molecule has 1 heterocycles. The summed E-state index contributed by atoms with van der Waals surface area (Å²) in [6.45, 7) is 1.00. The van der Waals surface area contributed by atoms with Crippen molar-refractivity contribution in [3.05, 3.63) is 17.6 Å². The lowest BCUT2D eigenvalue weighted by molar-refractivity contribution is 0.292. The lowest BCUT2D eigenvalue weighted by atomic mass is 9.96. The number of aliphatic hydroxyl groups excluding tert-OH is 1. The first-order chi connectivity index (χ1) is 7.42. The fraction of sp³-hybridized carbons (Fsp3) is 0.636. The van der Waals surface area contributed by atoms with Crippen molar-refractivity contribution in [2.24, 2.45) is 0 Å². The third kappa shape index (κ3) is 2.45. The number of aryl methyl sites for hydroxylation is 1. The molecule has 0 radical (unpaired) electrons. The van der Waals surface area contributed by atoms with Gasteiger partial charge in [-0.1, -0.05) is 0 Å². The summed E-state index contributed by atoms with van der Waals surface area (Å²) in [7, 11) is 0. The van der Waals surface area contributed by atoms with Gasteiger partial charge in [0.25, 0.3) is 0 Å². The quantitative estimate of drug-likeness (QED) is 0.727. The second-order valence-electron chi connectivity index (χ2n) is 3.86. The van der Waals surface area contributed by atoms with Gasteiger partial charge in [0.1, 0.15) is 12.1 Å². The Morgan fingerprint density at radius 2 is 2.13 bits per heavy atom. The molecule has 0 spiro atoms. The van der Waals surface area contributed by atoms with Crippen molar-refractivity contribution in [2.75, 3.05) is 18.5 Å². The topological polar surface area (TPSA) is 58.0 Å². The molecule has 1 aliphatic rings. The Hall–Kier alpha value is -1.16. The lowest BCUT2D eigenvalue weighted by Crippen LogP contribution is -2.13. The second-order valence-corrected chi connectivity index (χ2v) is 3.86. The molecule has 1 aromatic heterocycles. The number of aliphatic hydroxyl groups is 1. The fourth-order valence-electron chi connectivity index (χ4n) is 1.96. The Labute approximate surface area is 89.8 Å². The molecule has 82 valence electrons. The van der Waals surface area contributed by atoms with Gasteiger partial charge >= 0.3 is 0 Å². The zero-order valence-electron chi connectivity index (χ0n) is 8.87. The van der Waals surface area contributed by atoms with E-state index in [9.17, 15) is 0 Å². The van der Waals surface area contributed by atoms with E-state index < -0.39 is 0 Å². The highest BCUT2D eigenvalue weighted by Gasteiger charge is 2.14. The molecule has 2 rings (SSSR count). The first-order valence-electron chi connectivity index (χ1n) is 5.59. The number of nitrogens with zero attached hydrogens (tertiary/aromatic N) is 2. The van der Waals surface area contributed by atoms with Gasteiger partial charge in [-0.2, -0.15) is 0 Å². The minimum Gasteiger partial charge on any atom is -0.396 e. The van der Waals surface area contributed by atoms with Crippen LogP contribution in [0.5, 0.6) is 0 Å². The molecule has 0 aromatic carbocycles. The van der Waals surface area contributed by atoms with Gasteiger partial charge in [-0.3, -0.25) is 0 Å². The Bertz CT molecular complexity index is 328. The number of fused-ring (bicyclic) bond motifs is 1. The number of rotatable bonds is 4. The first kappa shape index (κ1) is 10.4. The van der Waals surface area contributed by atoms with E-state index >= 15 is 0 Å². The predicted octanol–water partition coefficient (Wildman–Crippen LogP) is 1.15. The SMILES string of the molecule is OCCCNc1ncnc2c1CCCC2. The summed E-state index contributed by atoms with van der Waals surface area (Å²) in [6, 6.07) is 0. The maximum Gasteiger partial charge on any atom is 0.132 e. The Morgan fingerprint density at radius 1 is 1.27 bits per heavy atom. The summed E-state index contributed by atoms with van der Waals surface area (Å²) < 4.78 is 0. The Kier molecular flexibility index (Phi) is 3.50. The van der Waals surface area contributed by atoms with Gasteiger partial charge in [0, 0.05) is 24.4 Å².